The molecule has 1 aromatic rings. The van der Waals surface area contributed by atoms with Crippen molar-refractivity contribution < 1.29 is 18.1 Å². The molecule has 10 heteroatoms. The molecule has 0 atom stereocenters. The molecular weight excluding hydrogens is 396 g/mol. The Morgan fingerprint density at radius 1 is 1.07 bits per heavy atom. The molecule has 1 amide bonds. The lowest BCUT2D eigenvalue weighted by Gasteiger charge is -2.23. The molecule has 0 aliphatic carbocycles. The number of amides is 1. The van der Waals surface area contributed by atoms with E-state index in [4.69, 9.17) is 0 Å². The zero-order valence-electron chi connectivity index (χ0n) is 16.7. The Hall–Kier alpha value is -2.20. The third-order valence-electron chi connectivity index (χ3n) is 5.59. The summed E-state index contributed by atoms with van der Waals surface area (Å²) in [7, 11) is -2.17. The number of nitro groups is 1. The van der Waals surface area contributed by atoms with Crippen LogP contribution in [0.3, 0.4) is 0 Å². The summed E-state index contributed by atoms with van der Waals surface area (Å²) in [6, 6.07) is 3.95. The van der Waals surface area contributed by atoms with Crippen LogP contribution in [0.1, 0.15) is 38.5 Å². The summed E-state index contributed by atoms with van der Waals surface area (Å²) in [6.07, 6.45) is 5.50. The van der Waals surface area contributed by atoms with E-state index in [1.165, 1.54) is 21.3 Å². The fourth-order valence-electron chi connectivity index (χ4n) is 3.92. The summed E-state index contributed by atoms with van der Waals surface area (Å²) >= 11 is 0. The number of likely N-dealkylation sites (N-methyl/N-ethyl adjacent to an activating group) is 1. The lowest BCUT2D eigenvalue weighted by Crippen LogP contribution is -2.37. The molecule has 0 saturated carbocycles. The Morgan fingerprint density at radius 2 is 1.66 bits per heavy atom. The van der Waals surface area contributed by atoms with Gasteiger partial charge in [-0.15, -0.1) is 0 Å². The SMILES string of the molecule is CN(CC(=O)N1CCCC1)c1ccc(S(=O)(=O)N2CCCCCC2)cc1[N+](=O)[O-]. The highest BCUT2D eigenvalue weighted by molar-refractivity contribution is 7.89. The molecule has 9 nitrogen and oxygen atoms in total. The van der Waals surface area contributed by atoms with E-state index >= 15 is 0 Å². The number of rotatable bonds is 6. The molecule has 2 fully saturated rings. The number of sulfonamides is 1. The van der Waals surface area contributed by atoms with Crippen LogP contribution in [0.5, 0.6) is 0 Å². The van der Waals surface area contributed by atoms with Crippen molar-refractivity contribution in [2.24, 2.45) is 0 Å². The molecule has 2 saturated heterocycles. The van der Waals surface area contributed by atoms with E-state index in [2.05, 4.69) is 0 Å². The van der Waals surface area contributed by atoms with Gasteiger partial charge in [0.1, 0.15) is 5.69 Å². The second-order valence-electron chi connectivity index (χ2n) is 7.67. The maximum Gasteiger partial charge on any atom is 0.293 e. The van der Waals surface area contributed by atoms with Gasteiger partial charge in [0.15, 0.2) is 0 Å². The van der Waals surface area contributed by atoms with E-state index in [1.54, 1.807) is 11.9 Å². The van der Waals surface area contributed by atoms with E-state index in [1.807, 2.05) is 0 Å². The molecule has 2 aliphatic heterocycles. The summed E-state index contributed by atoms with van der Waals surface area (Å²) in [5.74, 6) is -0.0828. The van der Waals surface area contributed by atoms with Gasteiger partial charge in [0, 0.05) is 39.3 Å². The van der Waals surface area contributed by atoms with Crippen molar-refractivity contribution in [2.75, 3.05) is 44.7 Å². The Balaban J connectivity index is 1.84. The van der Waals surface area contributed by atoms with Gasteiger partial charge in [-0.3, -0.25) is 14.9 Å². The zero-order valence-corrected chi connectivity index (χ0v) is 17.6. The van der Waals surface area contributed by atoms with Crippen molar-refractivity contribution in [2.45, 2.75) is 43.4 Å². The average molecular weight is 425 g/mol. The van der Waals surface area contributed by atoms with Crippen LogP contribution in [-0.4, -0.2) is 68.2 Å². The van der Waals surface area contributed by atoms with E-state index in [9.17, 15) is 23.3 Å². The van der Waals surface area contributed by atoms with Gasteiger partial charge in [0.2, 0.25) is 15.9 Å². The Morgan fingerprint density at radius 3 is 2.24 bits per heavy atom. The van der Waals surface area contributed by atoms with Crippen molar-refractivity contribution >= 4 is 27.3 Å². The molecule has 0 spiro atoms. The molecule has 0 unspecified atom stereocenters. The second kappa shape index (κ2) is 9.08. The number of nitrogens with zero attached hydrogens (tertiary/aromatic N) is 4. The predicted octanol–water partition coefficient (Wildman–Crippen LogP) is 2.22. The fraction of sp³-hybridized carbons (Fsp3) is 0.632. The summed E-state index contributed by atoms with van der Waals surface area (Å²) in [5, 5.41) is 11.7. The van der Waals surface area contributed by atoms with E-state index in [0.29, 0.717) is 26.2 Å². The smallest absolute Gasteiger partial charge is 0.293 e. The minimum Gasteiger partial charge on any atom is -0.360 e. The van der Waals surface area contributed by atoms with Gasteiger partial charge in [0.25, 0.3) is 5.69 Å². The first-order valence-corrected chi connectivity index (χ1v) is 11.5. The molecule has 0 N–H and O–H groups in total. The van der Waals surface area contributed by atoms with Gasteiger partial charge < -0.3 is 9.80 Å². The number of likely N-dealkylation sites (tertiary alicyclic amines) is 1. The molecule has 160 valence electrons. The topological polar surface area (TPSA) is 104 Å². The van der Waals surface area contributed by atoms with Crippen molar-refractivity contribution in [3.8, 4) is 0 Å². The summed E-state index contributed by atoms with van der Waals surface area (Å²) in [6.45, 7) is 2.30. The van der Waals surface area contributed by atoms with Gasteiger partial charge in [-0.25, -0.2) is 8.42 Å². The molecular formula is C19H28N4O5S. The maximum absolute atomic E-state index is 13.0. The number of hydrogen-bond donors (Lipinski definition) is 0. The minimum atomic E-state index is -3.78. The van der Waals surface area contributed by atoms with Gasteiger partial charge in [-0.2, -0.15) is 4.31 Å². The van der Waals surface area contributed by atoms with Crippen LogP contribution in [0.25, 0.3) is 0 Å². The van der Waals surface area contributed by atoms with Gasteiger partial charge in [0.05, 0.1) is 16.4 Å². The fourth-order valence-corrected chi connectivity index (χ4v) is 5.46. The highest BCUT2D eigenvalue weighted by Gasteiger charge is 2.29. The van der Waals surface area contributed by atoms with Crippen LogP contribution >= 0.6 is 0 Å². The molecule has 3 rings (SSSR count). The molecule has 1 aromatic carbocycles. The van der Waals surface area contributed by atoms with E-state index in [-0.39, 0.29) is 28.7 Å². The molecule has 0 radical (unpaired) electrons. The maximum atomic E-state index is 13.0. The predicted molar refractivity (Wildman–Crippen MR) is 109 cm³/mol. The average Bonchev–Trinajstić information content (AvgIpc) is 3.09. The lowest BCUT2D eigenvalue weighted by atomic mass is 10.2. The quantitative estimate of drug-likeness (QED) is 0.512. The van der Waals surface area contributed by atoms with Gasteiger partial charge in [-0.1, -0.05) is 12.8 Å². The van der Waals surface area contributed by atoms with Crippen molar-refractivity contribution in [3.63, 3.8) is 0 Å². The van der Waals surface area contributed by atoms with Crippen LogP contribution in [0.15, 0.2) is 23.1 Å². The highest BCUT2D eigenvalue weighted by atomic mass is 32.2. The normalized spacial score (nSPS) is 18.4. The van der Waals surface area contributed by atoms with Gasteiger partial charge in [-0.05, 0) is 37.8 Å². The third kappa shape index (κ3) is 4.87. The van der Waals surface area contributed by atoms with E-state index in [0.717, 1.165) is 44.6 Å². The molecule has 0 bridgehead atoms. The third-order valence-corrected chi connectivity index (χ3v) is 7.48. The summed E-state index contributed by atoms with van der Waals surface area (Å²) in [4.78, 5) is 26.6. The number of benzene rings is 1. The standard InChI is InChI=1S/C19H28N4O5S/c1-20(15-19(24)21-10-6-7-11-21)17-9-8-16(14-18(17)23(25)26)29(27,28)22-12-4-2-3-5-13-22/h8-9,14H,2-7,10-13,15H2,1H3. The second-order valence-corrected chi connectivity index (χ2v) is 9.61. The number of hydrogen-bond acceptors (Lipinski definition) is 6. The van der Waals surface area contributed by atoms with Crippen LogP contribution in [0.4, 0.5) is 11.4 Å². The number of carbonyl (C=O) groups excluding carboxylic acids is 1. The molecule has 2 heterocycles. The monoisotopic (exact) mass is 424 g/mol. The molecule has 29 heavy (non-hydrogen) atoms. The Bertz CT molecular complexity index is 859. The number of carbonyl (C=O) groups is 1. The molecule has 2 aliphatic rings. The number of anilines is 1. The van der Waals surface area contributed by atoms with E-state index < -0.39 is 14.9 Å². The molecule has 0 aromatic heterocycles. The van der Waals surface area contributed by atoms with Gasteiger partial charge >= 0.3 is 0 Å². The van der Waals surface area contributed by atoms with Crippen LogP contribution in [-0.2, 0) is 14.8 Å². The Kier molecular flexibility index (Phi) is 6.74. The summed E-state index contributed by atoms with van der Waals surface area (Å²) < 4.78 is 27.4. The van der Waals surface area contributed by atoms with Crippen LogP contribution < -0.4 is 4.90 Å². The zero-order chi connectivity index (χ0) is 21.0. The summed E-state index contributed by atoms with van der Waals surface area (Å²) in [5.41, 5.74) is -0.0741. The van der Waals surface area contributed by atoms with Crippen molar-refractivity contribution in [1.82, 2.24) is 9.21 Å². The van der Waals surface area contributed by atoms with Crippen molar-refractivity contribution in [1.29, 1.82) is 0 Å². The largest absolute Gasteiger partial charge is 0.360 e. The highest BCUT2D eigenvalue weighted by Crippen LogP contribution is 2.32. The first-order chi connectivity index (χ1) is 13.8. The number of nitro benzene ring substituents is 1. The first-order valence-electron chi connectivity index (χ1n) is 10.1. The van der Waals surface area contributed by atoms with Crippen molar-refractivity contribution in [3.05, 3.63) is 28.3 Å². The van der Waals surface area contributed by atoms with Crippen LogP contribution in [0.2, 0.25) is 0 Å². The van der Waals surface area contributed by atoms with Crippen LogP contribution in [0, 0.1) is 10.1 Å². The lowest BCUT2D eigenvalue weighted by molar-refractivity contribution is -0.384. The first kappa shape index (κ1) is 21.5. The minimum absolute atomic E-state index is 0.0130. The Labute approximate surface area is 171 Å².